The number of amides is 2. The summed E-state index contributed by atoms with van der Waals surface area (Å²) in [5.74, 6) is -0.919. The highest BCUT2D eigenvalue weighted by Crippen LogP contribution is 2.08. The predicted molar refractivity (Wildman–Crippen MR) is 62.5 cm³/mol. The molecule has 0 bridgehead atoms. The van der Waals surface area contributed by atoms with Gasteiger partial charge in [-0.05, 0) is 0 Å². The minimum atomic E-state index is -1.26. The molecule has 96 valence electrons. The van der Waals surface area contributed by atoms with Crippen molar-refractivity contribution in [3.05, 3.63) is 0 Å². The van der Waals surface area contributed by atoms with E-state index in [2.05, 4.69) is 10.6 Å². The minimum absolute atomic E-state index is 0.402. The normalized spacial score (nSPS) is 21.5. The molecule has 7 nitrogen and oxygen atoms in total. The molecule has 1 aliphatic rings. The summed E-state index contributed by atoms with van der Waals surface area (Å²) in [6.45, 7) is 0.705. The number of carbonyl (C=O) groups excluding carboxylic acids is 2. The topological polar surface area (TPSA) is 122 Å². The van der Waals surface area contributed by atoms with Gasteiger partial charge in [0.2, 0.25) is 11.8 Å². The highest BCUT2D eigenvalue weighted by molar-refractivity contribution is 7.99. The van der Waals surface area contributed by atoms with E-state index in [9.17, 15) is 14.4 Å². The van der Waals surface area contributed by atoms with E-state index < -0.39 is 36.3 Å². The first-order chi connectivity index (χ1) is 8.00. The molecule has 1 fully saturated rings. The standard InChI is InChI=1S/C9H15N3O4S/c10-7(13)3-5(9(15)16)12-8(14)6-4-17-2-1-11-6/h5-6,11H,1-4H2,(H2,10,13)(H,12,14)(H,15,16)/t5-,6?/m1/s1. The SMILES string of the molecule is NC(=O)C[C@@H](NC(=O)C1CSCCN1)C(=O)O. The number of nitrogens with two attached hydrogens (primary N) is 1. The average molecular weight is 261 g/mol. The molecule has 0 aromatic heterocycles. The molecule has 0 aromatic rings. The number of carboxylic acids is 1. The maximum absolute atomic E-state index is 11.7. The van der Waals surface area contributed by atoms with E-state index >= 15 is 0 Å². The minimum Gasteiger partial charge on any atom is -0.480 e. The molecular weight excluding hydrogens is 246 g/mol. The van der Waals surface area contributed by atoms with E-state index in [1.807, 2.05) is 0 Å². The summed E-state index contributed by atoms with van der Waals surface area (Å²) in [6, 6.07) is -1.67. The van der Waals surface area contributed by atoms with Crippen molar-refractivity contribution < 1.29 is 19.5 Å². The third-order valence-electron chi connectivity index (χ3n) is 2.26. The molecular formula is C9H15N3O4S. The van der Waals surface area contributed by atoms with Gasteiger partial charge in [-0.3, -0.25) is 9.59 Å². The average Bonchev–Trinajstić information content (AvgIpc) is 2.28. The smallest absolute Gasteiger partial charge is 0.326 e. The summed E-state index contributed by atoms with van der Waals surface area (Å²) >= 11 is 1.62. The van der Waals surface area contributed by atoms with Crippen LogP contribution in [0.2, 0.25) is 0 Å². The molecule has 0 aromatic carbocycles. The van der Waals surface area contributed by atoms with Gasteiger partial charge in [0.05, 0.1) is 12.5 Å². The monoisotopic (exact) mass is 261 g/mol. The zero-order valence-electron chi connectivity index (χ0n) is 9.14. The van der Waals surface area contributed by atoms with Crippen molar-refractivity contribution in [3.8, 4) is 0 Å². The Morgan fingerprint density at radius 1 is 1.53 bits per heavy atom. The van der Waals surface area contributed by atoms with Gasteiger partial charge in [0.1, 0.15) is 6.04 Å². The quantitative estimate of drug-likeness (QED) is 0.460. The number of aliphatic carboxylic acids is 1. The van der Waals surface area contributed by atoms with Crippen LogP contribution in [-0.4, -0.2) is 53.0 Å². The zero-order chi connectivity index (χ0) is 12.8. The Labute approximate surface area is 102 Å². The van der Waals surface area contributed by atoms with E-state index in [4.69, 9.17) is 10.8 Å². The Kier molecular flexibility index (Phi) is 5.23. The summed E-state index contributed by atoms with van der Waals surface area (Å²) in [7, 11) is 0. The van der Waals surface area contributed by atoms with Gasteiger partial charge in [0, 0.05) is 18.1 Å². The van der Waals surface area contributed by atoms with Gasteiger partial charge in [-0.2, -0.15) is 11.8 Å². The Balaban J connectivity index is 2.50. The van der Waals surface area contributed by atoms with Gasteiger partial charge < -0.3 is 21.5 Å². The van der Waals surface area contributed by atoms with Gasteiger partial charge >= 0.3 is 5.97 Å². The summed E-state index contributed by atoms with van der Waals surface area (Å²) in [6.07, 6.45) is -0.402. The maximum atomic E-state index is 11.7. The summed E-state index contributed by atoms with van der Waals surface area (Å²) in [5, 5.41) is 14.1. The predicted octanol–water partition coefficient (Wildman–Crippen LogP) is -1.86. The van der Waals surface area contributed by atoms with Crippen LogP contribution in [0.1, 0.15) is 6.42 Å². The van der Waals surface area contributed by atoms with Crippen LogP contribution < -0.4 is 16.4 Å². The molecule has 1 heterocycles. The van der Waals surface area contributed by atoms with Gasteiger partial charge in [-0.15, -0.1) is 0 Å². The Hall–Kier alpha value is -1.28. The Morgan fingerprint density at radius 3 is 2.71 bits per heavy atom. The molecule has 0 radical (unpaired) electrons. The molecule has 0 spiro atoms. The lowest BCUT2D eigenvalue weighted by Gasteiger charge is -2.23. The molecule has 2 amide bonds. The fraction of sp³-hybridized carbons (Fsp3) is 0.667. The lowest BCUT2D eigenvalue weighted by molar-refractivity contribution is -0.143. The van der Waals surface area contributed by atoms with Gasteiger partial charge in [-0.1, -0.05) is 0 Å². The van der Waals surface area contributed by atoms with Crippen molar-refractivity contribution in [3.63, 3.8) is 0 Å². The Morgan fingerprint density at radius 2 is 2.24 bits per heavy atom. The number of thioether (sulfide) groups is 1. The Bertz CT molecular complexity index is 317. The summed E-state index contributed by atoms with van der Waals surface area (Å²) in [5.41, 5.74) is 4.91. The number of carbonyl (C=O) groups is 3. The largest absolute Gasteiger partial charge is 0.480 e. The van der Waals surface area contributed by atoms with Crippen molar-refractivity contribution in [1.82, 2.24) is 10.6 Å². The molecule has 5 N–H and O–H groups in total. The van der Waals surface area contributed by atoms with E-state index in [0.717, 1.165) is 5.75 Å². The van der Waals surface area contributed by atoms with Crippen LogP contribution in [-0.2, 0) is 14.4 Å². The van der Waals surface area contributed by atoms with Crippen LogP contribution in [0.5, 0.6) is 0 Å². The second-order valence-corrected chi connectivity index (χ2v) is 4.80. The summed E-state index contributed by atoms with van der Waals surface area (Å²) < 4.78 is 0. The molecule has 17 heavy (non-hydrogen) atoms. The molecule has 1 saturated heterocycles. The number of nitrogens with one attached hydrogen (secondary N) is 2. The van der Waals surface area contributed by atoms with E-state index in [1.165, 1.54) is 0 Å². The molecule has 1 unspecified atom stereocenters. The van der Waals surface area contributed by atoms with Crippen LogP contribution >= 0.6 is 11.8 Å². The molecule has 0 aliphatic carbocycles. The lowest BCUT2D eigenvalue weighted by Crippen LogP contribution is -2.53. The van der Waals surface area contributed by atoms with E-state index in [1.54, 1.807) is 11.8 Å². The fourth-order valence-electron chi connectivity index (χ4n) is 1.41. The molecule has 0 saturated carbocycles. The van der Waals surface area contributed by atoms with E-state index in [-0.39, 0.29) is 0 Å². The van der Waals surface area contributed by atoms with E-state index in [0.29, 0.717) is 12.3 Å². The number of rotatable bonds is 5. The fourth-order valence-corrected chi connectivity index (χ4v) is 2.34. The molecule has 8 heteroatoms. The van der Waals surface area contributed by atoms with Crippen LogP contribution in [0.15, 0.2) is 0 Å². The van der Waals surface area contributed by atoms with Crippen molar-refractivity contribution in [2.24, 2.45) is 5.73 Å². The summed E-state index contributed by atoms with van der Waals surface area (Å²) in [4.78, 5) is 33.2. The molecule has 1 aliphatic heterocycles. The maximum Gasteiger partial charge on any atom is 0.326 e. The number of hydrogen-bond acceptors (Lipinski definition) is 5. The van der Waals surface area contributed by atoms with Crippen molar-refractivity contribution >= 4 is 29.5 Å². The van der Waals surface area contributed by atoms with Crippen LogP contribution in [0, 0.1) is 0 Å². The third-order valence-corrected chi connectivity index (χ3v) is 3.32. The number of primary amides is 1. The van der Waals surface area contributed by atoms with Gasteiger partial charge in [-0.25, -0.2) is 4.79 Å². The molecule has 2 atom stereocenters. The van der Waals surface area contributed by atoms with Crippen molar-refractivity contribution in [1.29, 1.82) is 0 Å². The number of carboxylic acid groups (broad SMARTS) is 1. The van der Waals surface area contributed by atoms with Gasteiger partial charge in [0.15, 0.2) is 0 Å². The lowest BCUT2D eigenvalue weighted by atomic mass is 10.2. The first-order valence-corrected chi connectivity index (χ1v) is 6.29. The second-order valence-electron chi connectivity index (χ2n) is 3.65. The molecule has 1 rings (SSSR count). The second kappa shape index (κ2) is 6.45. The van der Waals surface area contributed by atoms with Crippen molar-refractivity contribution in [2.75, 3.05) is 18.1 Å². The third kappa shape index (κ3) is 4.61. The first kappa shape index (κ1) is 13.8. The van der Waals surface area contributed by atoms with Gasteiger partial charge in [0.25, 0.3) is 0 Å². The first-order valence-electron chi connectivity index (χ1n) is 5.13. The van der Waals surface area contributed by atoms with Crippen molar-refractivity contribution in [2.45, 2.75) is 18.5 Å². The van der Waals surface area contributed by atoms with Crippen LogP contribution in [0.4, 0.5) is 0 Å². The highest BCUT2D eigenvalue weighted by atomic mass is 32.2. The van der Waals surface area contributed by atoms with Crippen LogP contribution in [0.25, 0.3) is 0 Å². The highest BCUT2D eigenvalue weighted by Gasteiger charge is 2.27. The van der Waals surface area contributed by atoms with Crippen LogP contribution in [0.3, 0.4) is 0 Å². The number of hydrogen-bond donors (Lipinski definition) is 4. The zero-order valence-corrected chi connectivity index (χ0v) is 9.96.